The Morgan fingerprint density at radius 2 is 2.05 bits per heavy atom. The van der Waals surface area contributed by atoms with Crippen LogP contribution >= 0.6 is 11.8 Å². The standard InChI is InChI=1S/C13H10F3N3O2S/c1-21-8-4-2-6(7-3-5-9(20)19-18-7)11-10(8)17-12(22-11)13(14,15)16/h2-5,12,17H,1H3,(H,19,20). The summed E-state index contributed by atoms with van der Waals surface area (Å²) in [6, 6.07) is 5.91. The molecule has 0 fully saturated rings. The highest BCUT2D eigenvalue weighted by atomic mass is 32.2. The zero-order valence-corrected chi connectivity index (χ0v) is 12.0. The fourth-order valence-electron chi connectivity index (χ4n) is 2.12. The first-order valence-electron chi connectivity index (χ1n) is 6.17. The first-order chi connectivity index (χ1) is 10.4. The minimum absolute atomic E-state index is 0.278. The average molecular weight is 329 g/mol. The number of ether oxygens (including phenoxy) is 1. The maximum Gasteiger partial charge on any atom is 0.418 e. The van der Waals surface area contributed by atoms with Crippen LogP contribution in [-0.2, 0) is 0 Å². The van der Waals surface area contributed by atoms with E-state index in [1.807, 2.05) is 0 Å². The summed E-state index contributed by atoms with van der Waals surface area (Å²) in [5.41, 5.74) is 0.778. The van der Waals surface area contributed by atoms with Gasteiger partial charge >= 0.3 is 6.18 Å². The maximum atomic E-state index is 13.0. The molecule has 0 spiro atoms. The van der Waals surface area contributed by atoms with Gasteiger partial charge in [0.2, 0.25) is 0 Å². The molecule has 1 aromatic heterocycles. The number of hydrogen-bond donors (Lipinski definition) is 2. The third-order valence-electron chi connectivity index (χ3n) is 3.10. The van der Waals surface area contributed by atoms with Gasteiger partial charge in [0.25, 0.3) is 5.56 Å². The van der Waals surface area contributed by atoms with Gasteiger partial charge in [-0.05, 0) is 18.2 Å². The van der Waals surface area contributed by atoms with E-state index in [0.717, 1.165) is 0 Å². The van der Waals surface area contributed by atoms with Gasteiger partial charge in [-0.3, -0.25) is 4.79 Å². The molecule has 2 heterocycles. The number of alkyl halides is 3. The smallest absolute Gasteiger partial charge is 0.418 e. The van der Waals surface area contributed by atoms with Crippen molar-refractivity contribution in [1.29, 1.82) is 0 Å². The van der Waals surface area contributed by atoms with E-state index in [1.54, 1.807) is 12.1 Å². The van der Waals surface area contributed by atoms with Gasteiger partial charge in [-0.25, -0.2) is 5.10 Å². The van der Waals surface area contributed by atoms with Crippen LogP contribution in [0.3, 0.4) is 0 Å². The number of halogens is 3. The van der Waals surface area contributed by atoms with Crippen molar-refractivity contribution >= 4 is 17.4 Å². The number of methoxy groups -OCH3 is 1. The van der Waals surface area contributed by atoms with Crippen LogP contribution in [0.5, 0.6) is 5.75 Å². The van der Waals surface area contributed by atoms with Gasteiger partial charge in [0.15, 0.2) is 5.37 Å². The van der Waals surface area contributed by atoms with Crippen LogP contribution in [0.4, 0.5) is 18.9 Å². The first kappa shape index (κ1) is 14.8. The zero-order chi connectivity index (χ0) is 15.9. The zero-order valence-electron chi connectivity index (χ0n) is 11.2. The quantitative estimate of drug-likeness (QED) is 0.887. The first-order valence-corrected chi connectivity index (χ1v) is 7.05. The van der Waals surface area contributed by atoms with E-state index in [-0.39, 0.29) is 11.2 Å². The van der Waals surface area contributed by atoms with Gasteiger partial charge in [0.1, 0.15) is 5.75 Å². The lowest BCUT2D eigenvalue weighted by Crippen LogP contribution is -2.30. The lowest BCUT2D eigenvalue weighted by molar-refractivity contribution is -0.123. The molecule has 0 bridgehead atoms. The van der Waals surface area contributed by atoms with Crippen molar-refractivity contribution in [2.45, 2.75) is 16.4 Å². The fourth-order valence-corrected chi connectivity index (χ4v) is 3.24. The molecule has 0 amide bonds. The summed E-state index contributed by atoms with van der Waals surface area (Å²) in [6.45, 7) is 0. The molecule has 3 rings (SSSR count). The largest absolute Gasteiger partial charge is 0.495 e. The van der Waals surface area contributed by atoms with E-state index in [2.05, 4.69) is 15.5 Å². The molecule has 1 unspecified atom stereocenters. The molecule has 0 radical (unpaired) electrons. The molecule has 0 aliphatic carbocycles. The van der Waals surface area contributed by atoms with Crippen LogP contribution in [0.1, 0.15) is 0 Å². The van der Waals surface area contributed by atoms with Crippen LogP contribution in [0, 0.1) is 0 Å². The van der Waals surface area contributed by atoms with Gasteiger partial charge in [-0.1, -0.05) is 11.8 Å². The Hall–Kier alpha value is -2.16. The number of H-pyrrole nitrogens is 1. The Morgan fingerprint density at radius 1 is 1.27 bits per heavy atom. The van der Waals surface area contributed by atoms with Crippen LogP contribution in [0.2, 0.25) is 0 Å². The Morgan fingerprint density at radius 3 is 2.64 bits per heavy atom. The number of anilines is 1. The highest BCUT2D eigenvalue weighted by Gasteiger charge is 2.45. The maximum absolute atomic E-state index is 13.0. The second-order valence-electron chi connectivity index (χ2n) is 4.51. The molecular formula is C13H10F3N3O2S. The van der Waals surface area contributed by atoms with E-state index in [9.17, 15) is 18.0 Å². The fraction of sp³-hybridized carbons (Fsp3) is 0.231. The molecule has 2 N–H and O–H groups in total. The number of nitrogens with one attached hydrogen (secondary N) is 2. The van der Waals surface area contributed by atoms with Crippen LogP contribution in [0.15, 0.2) is 34.0 Å². The monoisotopic (exact) mass is 329 g/mol. The lowest BCUT2D eigenvalue weighted by Gasteiger charge is -2.14. The number of nitrogens with zero attached hydrogens (tertiary/aromatic N) is 1. The van der Waals surface area contributed by atoms with E-state index in [0.29, 0.717) is 33.7 Å². The van der Waals surface area contributed by atoms with Gasteiger partial charge in [-0.15, -0.1) is 0 Å². The normalized spacial score (nSPS) is 17.0. The Bertz CT molecular complexity index is 756. The summed E-state index contributed by atoms with van der Waals surface area (Å²) in [7, 11) is 1.39. The second kappa shape index (κ2) is 5.24. The lowest BCUT2D eigenvalue weighted by atomic mass is 10.1. The van der Waals surface area contributed by atoms with Gasteiger partial charge in [0, 0.05) is 16.5 Å². The molecule has 0 saturated carbocycles. The SMILES string of the molecule is COc1ccc(-c2ccc(=O)[nH]n2)c2c1NC(C(F)(F)F)S2. The number of aromatic nitrogens is 2. The molecule has 9 heteroatoms. The minimum Gasteiger partial charge on any atom is -0.495 e. The summed E-state index contributed by atoms with van der Waals surface area (Å²) in [5.74, 6) is 0.322. The molecule has 22 heavy (non-hydrogen) atoms. The van der Waals surface area contributed by atoms with Crippen molar-refractivity contribution in [2.75, 3.05) is 12.4 Å². The Balaban J connectivity index is 2.11. The summed E-state index contributed by atoms with van der Waals surface area (Å²) < 4.78 is 44.0. The summed E-state index contributed by atoms with van der Waals surface area (Å²) in [6.07, 6.45) is -4.40. The molecular weight excluding hydrogens is 319 g/mol. The summed E-state index contributed by atoms with van der Waals surface area (Å²) >= 11 is 0.650. The topological polar surface area (TPSA) is 67.0 Å². The highest BCUT2D eigenvalue weighted by Crippen LogP contribution is 2.52. The van der Waals surface area contributed by atoms with Gasteiger partial charge < -0.3 is 10.1 Å². The number of thioether (sulfide) groups is 1. The van der Waals surface area contributed by atoms with Gasteiger partial charge in [-0.2, -0.15) is 18.3 Å². The number of rotatable bonds is 2. The number of hydrogen-bond acceptors (Lipinski definition) is 5. The van der Waals surface area contributed by atoms with Crippen LogP contribution < -0.4 is 15.6 Å². The van der Waals surface area contributed by atoms with Crippen molar-refractivity contribution in [3.63, 3.8) is 0 Å². The van der Waals surface area contributed by atoms with Crippen molar-refractivity contribution in [3.05, 3.63) is 34.6 Å². The van der Waals surface area contributed by atoms with E-state index in [4.69, 9.17) is 4.74 Å². The predicted molar refractivity (Wildman–Crippen MR) is 76.2 cm³/mol. The Kier molecular flexibility index (Phi) is 3.51. The van der Waals surface area contributed by atoms with E-state index in [1.165, 1.54) is 19.2 Å². The number of benzene rings is 1. The summed E-state index contributed by atoms with van der Waals surface area (Å²) in [5, 5.41) is 6.82. The second-order valence-corrected chi connectivity index (χ2v) is 5.63. The molecule has 1 atom stereocenters. The number of aromatic amines is 1. The third-order valence-corrected chi connectivity index (χ3v) is 4.38. The van der Waals surface area contributed by atoms with E-state index >= 15 is 0 Å². The summed E-state index contributed by atoms with van der Waals surface area (Å²) in [4.78, 5) is 11.5. The van der Waals surface area contributed by atoms with E-state index < -0.39 is 11.6 Å². The van der Waals surface area contributed by atoms with Crippen molar-refractivity contribution in [3.8, 4) is 17.0 Å². The molecule has 1 aromatic carbocycles. The Labute approximate surface area is 126 Å². The van der Waals surface area contributed by atoms with Crippen LogP contribution in [0.25, 0.3) is 11.3 Å². The molecule has 1 aliphatic rings. The van der Waals surface area contributed by atoms with Crippen LogP contribution in [-0.4, -0.2) is 28.9 Å². The molecule has 116 valence electrons. The average Bonchev–Trinajstić information content (AvgIpc) is 2.92. The highest BCUT2D eigenvalue weighted by molar-refractivity contribution is 8.00. The van der Waals surface area contributed by atoms with Crippen molar-refractivity contribution in [1.82, 2.24) is 10.2 Å². The molecule has 0 saturated heterocycles. The predicted octanol–water partition coefficient (Wildman–Crippen LogP) is 2.85. The minimum atomic E-state index is -4.40. The van der Waals surface area contributed by atoms with Crippen molar-refractivity contribution in [2.24, 2.45) is 0 Å². The molecule has 1 aliphatic heterocycles. The van der Waals surface area contributed by atoms with Crippen molar-refractivity contribution < 1.29 is 17.9 Å². The third kappa shape index (κ3) is 2.52. The number of fused-ring (bicyclic) bond motifs is 1. The molecule has 5 nitrogen and oxygen atoms in total. The van der Waals surface area contributed by atoms with Gasteiger partial charge in [0.05, 0.1) is 18.5 Å². The molecule has 2 aromatic rings.